The molecule has 0 heterocycles. The fourth-order valence-corrected chi connectivity index (χ4v) is 3.64. The molecule has 110 valence electrons. The molecule has 0 amide bonds. The molecule has 0 unspecified atom stereocenters. The molecule has 0 saturated heterocycles. The van der Waals surface area contributed by atoms with Crippen LogP contribution >= 0.6 is 0 Å². The zero-order valence-electron chi connectivity index (χ0n) is 11.7. The van der Waals surface area contributed by atoms with Gasteiger partial charge >= 0.3 is 5.97 Å². The van der Waals surface area contributed by atoms with E-state index in [0.717, 1.165) is 0 Å². The van der Waals surface area contributed by atoms with Gasteiger partial charge in [0.25, 0.3) is 0 Å². The van der Waals surface area contributed by atoms with Crippen molar-refractivity contribution < 1.29 is 18.3 Å². The van der Waals surface area contributed by atoms with Gasteiger partial charge in [-0.15, -0.1) is 6.58 Å². The number of rotatable bonds is 7. The maximum atomic E-state index is 12.6. The first-order valence-corrected chi connectivity index (χ1v) is 7.79. The molecule has 1 aromatic rings. The second kappa shape index (κ2) is 6.67. The molecule has 1 N–H and O–H groups in total. The molecule has 20 heavy (non-hydrogen) atoms. The SMILES string of the molecule is C=CCN(CC)S(=O)(=O)c1cc(C(=O)O)ccc1CC. The van der Waals surface area contributed by atoms with E-state index in [1.807, 2.05) is 6.92 Å². The molecule has 1 aromatic carbocycles. The van der Waals surface area contributed by atoms with Crippen LogP contribution in [0.3, 0.4) is 0 Å². The molecule has 0 bridgehead atoms. The topological polar surface area (TPSA) is 74.7 Å². The predicted molar refractivity (Wildman–Crippen MR) is 77.4 cm³/mol. The standard InChI is InChI=1S/C14H19NO4S/c1-4-9-15(6-3)20(18,19)13-10-12(14(16)17)8-7-11(13)5-2/h4,7-8,10H,1,5-6,9H2,2-3H3,(H,16,17). The van der Waals surface area contributed by atoms with Crippen LogP contribution in [0.25, 0.3) is 0 Å². The molecular weight excluding hydrogens is 278 g/mol. The van der Waals surface area contributed by atoms with Gasteiger partial charge in [0.05, 0.1) is 10.5 Å². The van der Waals surface area contributed by atoms with Gasteiger partial charge in [-0.25, -0.2) is 13.2 Å². The highest BCUT2D eigenvalue weighted by Gasteiger charge is 2.25. The Labute approximate surface area is 119 Å². The molecule has 1 rings (SSSR count). The van der Waals surface area contributed by atoms with Crippen LogP contribution in [-0.4, -0.2) is 36.9 Å². The fourth-order valence-electron chi connectivity index (χ4n) is 1.90. The van der Waals surface area contributed by atoms with Gasteiger partial charge in [-0.1, -0.05) is 26.0 Å². The Morgan fingerprint density at radius 1 is 1.40 bits per heavy atom. The van der Waals surface area contributed by atoms with Crippen LogP contribution in [0, 0.1) is 0 Å². The van der Waals surface area contributed by atoms with E-state index in [9.17, 15) is 13.2 Å². The highest BCUT2D eigenvalue weighted by molar-refractivity contribution is 7.89. The Balaban J connectivity index is 3.45. The number of hydrogen-bond acceptors (Lipinski definition) is 3. The van der Waals surface area contributed by atoms with E-state index < -0.39 is 16.0 Å². The van der Waals surface area contributed by atoms with Crippen LogP contribution in [0.1, 0.15) is 29.8 Å². The van der Waals surface area contributed by atoms with Crippen LogP contribution in [-0.2, 0) is 16.4 Å². The van der Waals surface area contributed by atoms with Crippen LogP contribution in [0.15, 0.2) is 35.7 Å². The third-order valence-corrected chi connectivity index (χ3v) is 5.02. The lowest BCUT2D eigenvalue weighted by atomic mass is 10.1. The van der Waals surface area contributed by atoms with Crippen LogP contribution in [0.2, 0.25) is 0 Å². The van der Waals surface area contributed by atoms with Crippen molar-refractivity contribution in [3.05, 3.63) is 42.0 Å². The summed E-state index contributed by atoms with van der Waals surface area (Å²) in [6, 6.07) is 4.20. The molecule has 0 aliphatic rings. The lowest BCUT2D eigenvalue weighted by Gasteiger charge is -2.20. The number of aromatic carboxylic acids is 1. The highest BCUT2D eigenvalue weighted by Crippen LogP contribution is 2.22. The van der Waals surface area contributed by atoms with Gasteiger partial charge in [0, 0.05) is 13.1 Å². The number of aryl methyl sites for hydroxylation is 1. The van der Waals surface area contributed by atoms with Crippen molar-refractivity contribution in [3.63, 3.8) is 0 Å². The number of likely N-dealkylation sites (N-methyl/N-ethyl adjacent to an activating group) is 1. The van der Waals surface area contributed by atoms with Gasteiger partial charge in [0.2, 0.25) is 10.0 Å². The van der Waals surface area contributed by atoms with E-state index in [4.69, 9.17) is 5.11 Å². The van der Waals surface area contributed by atoms with E-state index in [-0.39, 0.29) is 17.0 Å². The highest BCUT2D eigenvalue weighted by atomic mass is 32.2. The Kier molecular flexibility index (Phi) is 5.47. The van der Waals surface area contributed by atoms with Crippen molar-refractivity contribution in [2.75, 3.05) is 13.1 Å². The average molecular weight is 297 g/mol. The van der Waals surface area contributed by atoms with E-state index in [1.165, 1.54) is 22.5 Å². The van der Waals surface area contributed by atoms with E-state index in [1.54, 1.807) is 13.0 Å². The molecule has 0 saturated carbocycles. The molecular formula is C14H19NO4S. The summed E-state index contributed by atoms with van der Waals surface area (Å²) in [5.74, 6) is -1.14. The summed E-state index contributed by atoms with van der Waals surface area (Å²) in [5, 5.41) is 9.01. The zero-order chi connectivity index (χ0) is 15.3. The number of sulfonamides is 1. The van der Waals surface area contributed by atoms with E-state index in [2.05, 4.69) is 6.58 Å². The summed E-state index contributed by atoms with van der Waals surface area (Å²) in [6.45, 7) is 7.60. The minimum absolute atomic E-state index is 0.0320. The predicted octanol–water partition coefficient (Wildman–Crippen LogP) is 2.14. The van der Waals surface area contributed by atoms with Gasteiger partial charge in [0.15, 0.2) is 0 Å². The van der Waals surface area contributed by atoms with Crippen LogP contribution in [0.4, 0.5) is 0 Å². The summed E-state index contributed by atoms with van der Waals surface area (Å²) >= 11 is 0. The van der Waals surface area contributed by atoms with Gasteiger partial charge < -0.3 is 5.11 Å². The number of hydrogen-bond donors (Lipinski definition) is 1. The molecule has 5 nitrogen and oxygen atoms in total. The monoisotopic (exact) mass is 297 g/mol. The molecule has 0 aliphatic carbocycles. The van der Waals surface area contributed by atoms with Crippen molar-refractivity contribution in [1.29, 1.82) is 0 Å². The number of nitrogens with zero attached hydrogens (tertiary/aromatic N) is 1. The number of carboxylic acid groups (broad SMARTS) is 1. The Hall–Kier alpha value is -1.66. The fraction of sp³-hybridized carbons (Fsp3) is 0.357. The molecule has 6 heteroatoms. The molecule has 0 aliphatic heterocycles. The summed E-state index contributed by atoms with van der Waals surface area (Å²) in [7, 11) is -3.71. The van der Waals surface area contributed by atoms with Crippen molar-refractivity contribution in [2.45, 2.75) is 25.2 Å². The third kappa shape index (κ3) is 3.26. The smallest absolute Gasteiger partial charge is 0.335 e. The van der Waals surface area contributed by atoms with Crippen molar-refractivity contribution in [3.8, 4) is 0 Å². The number of benzene rings is 1. The minimum Gasteiger partial charge on any atom is -0.478 e. The van der Waals surface area contributed by atoms with Gasteiger partial charge in [-0.3, -0.25) is 0 Å². The Morgan fingerprint density at radius 2 is 2.05 bits per heavy atom. The van der Waals surface area contributed by atoms with Crippen LogP contribution in [0.5, 0.6) is 0 Å². The number of carbonyl (C=O) groups is 1. The summed E-state index contributed by atoms with van der Waals surface area (Å²) in [4.78, 5) is 11.1. The van der Waals surface area contributed by atoms with Gasteiger partial charge in [-0.05, 0) is 24.1 Å². The average Bonchev–Trinajstić information content (AvgIpc) is 2.43. The Bertz CT molecular complexity index is 608. The second-order valence-corrected chi connectivity index (χ2v) is 6.13. The van der Waals surface area contributed by atoms with Crippen molar-refractivity contribution >= 4 is 16.0 Å². The maximum Gasteiger partial charge on any atom is 0.335 e. The van der Waals surface area contributed by atoms with E-state index in [0.29, 0.717) is 18.5 Å². The molecule has 0 aromatic heterocycles. The molecule has 0 fully saturated rings. The largest absolute Gasteiger partial charge is 0.478 e. The van der Waals surface area contributed by atoms with Gasteiger partial charge in [0.1, 0.15) is 0 Å². The minimum atomic E-state index is -3.71. The first kappa shape index (κ1) is 16.4. The first-order chi connectivity index (χ1) is 9.38. The normalized spacial score (nSPS) is 11.6. The summed E-state index contributed by atoms with van der Waals surface area (Å²) in [5.41, 5.74) is 0.577. The lowest BCUT2D eigenvalue weighted by Crippen LogP contribution is -2.31. The van der Waals surface area contributed by atoms with Crippen molar-refractivity contribution in [1.82, 2.24) is 4.31 Å². The molecule has 0 atom stereocenters. The second-order valence-electron chi connectivity index (χ2n) is 4.23. The molecule has 0 spiro atoms. The van der Waals surface area contributed by atoms with Crippen molar-refractivity contribution in [2.24, 2.45) is 0 Å². The van der Waals surface area contributed by atoms with Crippen LogP contribution < -0.4 is 0 Å². The maximum absolute atomic E-state index is 12.6. The summed E-state index contributed by atoms with van der Waals surface area (Å²) < 4.78 is 26.5. The quantitative estimate of drug-likeness (QED) is 0.782. The number of carboxylic acids is 1. The summed E-state index contributed by atoms with van der Waals surface area (Å²) in [6.07, 6.45) is 2.02. The zero-order valence-corrected chi connectivity index (χ0v) is 12.5. The third-order valence-electron chi connectivity index (χ3n) is 3.00. The Morgan fingerprint density at radius 3 is 2.50 bits per heavy atom. The van der Waals surface area contributed by atoms with E-state index >= 15 is 0 Å². The lowest BCUT2D eigenvalue weighted by molar-refractivity contribution is 0.0696. The van der Waals surface area contributed by atoms with Gasteiger partial charge in [-0.2, -0.15) is 4.31 Å². The first-order valence-electron chi connectivity index (χ1n) is 6.35. The molecule has 0 radical (unpaired) electrons.